The Hall–Kier alpha value is -1.55. The monoisotopic (exact) mass is 223 g/mol. The van der Waals surface area contributed by atoms with Crippen molar-refractivity contribution in [2.45, 2.75) is 26.0 Å². The molecule has 0 aliphatic carbocycles. The van der Waals surface area contributed by atoms with Gasteiger partial charge in [0.2, 0.25) is 0 Å². The molecule has 0 radical (unpaired) electrons. The number of hydrogen-bond donors (Lipinski definition) is 2. The number of benzene rings is 1. The first-order valence-electron chi connectivity index (χ1n) is 5.17. The first-order valence-corrected chi connectivity index (χ1v) is 5.17. The van der Waals surface area contributed by atoms with E-state index in [2.05, 4.69) is 5.32 Å². The van der Waals surface area contributed by atoms with E-state index in [1.54, 1.807) is 25.3 Å². The summed E-state index contributed by atoms with van der Waals surface area (Å²) in [6.07, 6.45) is 0.0634. The number of anilines is 1. The van der Waals surface area contributed by atoms with Crippen LogP contribution in [0.5, 0.6) is 0 Å². The normalized spacial score (nSPS) is 14.2. The van der Waals surface area contributed by atoms with Crippen molar-refractivity contribution in [3.8, 4) is 0 Å². The first-order chi connectivity index (χ1) is 7.54. The van der Waals surface area contributed by atoms with E-state index >= 15 is 0 Å². The zero-order valence-corrected chi connectivity index (χ0v) is 9.73. The van der Waals surface area contributed by atoms with Gasteiger partial charge in [-0.25, -0.2) is 4.79 Å². The molecule has 0 amide bonds. The van der Waals surface area contributed by atoms with E-state index in [9.17, 15) is 4.79 Å². The van der Waals surface area contributed by atoms with Crippen LogP contribution in [0.2, 0.25) is 0 Å². The fraction of sp³-hybridized carbons (Fsp3) is 0.417. The summed E-state index contributed by atoms with van der Waals surface area (Å²) < 4.78 is 5.18. The van der Waals surface area contributed by atoms with Crippen molar-refractivity contribution >= 4 is 11.7 Å². The number of carboxylic acids is 1. The molecule has 0 aliphatic heterocycles. The minimum absolute atomic E-state index is 0.0634. The summed E-state index contributed by atoms with van der Waals surface area (Å²) >= 11 is 0. The third-order valence-corrected chi connectivity index (χ3v) is 2.58. The lowest BCUT2D eigenvalue weighted by molar-refractivity contribution is 0.0697. The van der Waals surface area contributed by atoms with Gasteiger partial charge in [0.25, 0.3) is 0 Å². The Balaban J connectivity index is 2.74. The first kappa shape index (κ1) is 12.5. The molecule has 16 heavy (non-hydrogen) atoms. The summed E-state index contributed by atoms with van der Waals surface area (Å²) in [5.74, 6) is -0.920. The Bertz CT molecular complexity index is 365. The van der Waals surface area contributed by atoms with Gasteiger partial charge in [-0.3, -0.25) is 0 Å². The summed E-state index contributed by atoms with van der Waals surface area (Å²) in [6, 6.07) is 6.86. The molecule has 2 N–H and O–H groups in total. The van der Waals surface area contributed by atoms with Crippen LogP contribution in [0.1, 0.15) is 24.2 Å². The Morgan fingerprint density at radius 1 is 1.44 bits per heavy atom. The van der Waals surface area contributed by atoms with Gasteiger partial charge in [-0.1, -0.05) is 6.07 Å². The molecule has 4 nitrogen and oxygen atoms in total. The molecule has 0 spiro atoms. The lowest BCUT2D eigenvalue weighted by Crippen LogP contribution is -2.29. The van der Waals surface area contributed by atoms with E-state index in [4.69, 9.17) is 9.84 Å². The Labute approximate surface area is 95.2 Å². The molecule has 1 rings (SSSR count). The minimum atomic E-state index is -0.920. The highest BCUT2D eigenvalue weighted by Gasteiger charge is 2.11. The molecular formula is C12H17NO3. The Morgan fingerprint density at radius 2 is 2.12 bits per heavy atom. The Kier molecular flexibility index (Phi) is 4.31. The van der Waals surface area contributed by atoms with E-state index in [0.717, 1.165) is 5.69 Å². The Morgan fingerprint density at radius 3 is 2.69 bits per heavy atom. The maximum absolute atomic E-state index is 10.8. The molecule has 0 heterocycles. The smallest absolute Gasteiger partial charge is 0.335 e. The fourth-order valence-electron chi connectivity index (χ4n) is 1.33. The highest BCUT2D eigenvalue weighted by Crippen LogP contribution is 2.13. The van der Waals surface area contributed by atoms with Crippen molar-refractivity contribution in [1.82, 2.24) is 0 Å². The quantitative estimate of drug-likeness (QED) is 0.803. The number of carbonyl (C=O) groups is 1. The van der Waals surface area contributed by atoms with Crippen molar-refractivity contribution in [1.29, 1.82) is 0 Å². The van der Waals surface area contributed by atoms with Crippen LogP contribution in [0.25, 0.3) is 0 Å². The number of hydrogen-bond acceptors (Lipinski definition) is 3. The molecule has 2 unspecified atom stereocenters. The number of ether oxygens (including phenoxy) is 1. The van der Waals surface area contributed by atoms with Gasteiger partial charge >= 0.3 is 5.97 Å². The summed E-state index contributed by atoms with van der Waals surface area (Å²) in [7, 11) is 1.65. The van der Waals surface area contributed by atoms with Gasteiger partial charge in [0.1, 0.15) is 0 Å². The van der Waals surface area contributed by atoms with Gasteiger partial charge < -0.3 is 15.2 Å². The highest BCUT2D eigenvalue weighted by atomic mass is 16.5. The molecule has 88 valence electrons. The lowest BCUT2D eigenvalue weighted by Gasteiger charge is -2.21. The minimum Gasteiger partial charge on any atom is -0.478 e. The van der Waals surface area contributed by atoms with Crippen molar-refractivity contribution in [2.24, 2.45) is 0 Å². The van der Waals surface area contributed by atoms with Crippen LogP contribution in [0.15, 0.2) is 24.3 Å². The predicted octanol–water partition coefficient (Wildman–Crippen LogP) is 2.22. The number of rotatable bonds is 5. The maximum atomic E-state index is 10.8. The van der Waals surface area contributed by atoms with Crippen LogP contribution in [-0.2, 0) is 4.74 Å². The zero-order chi connectivity index (χ0) is 12.1. The summed E-state index contributed by atoms with van der Waals surface area (Å²) in [5, 5.41) is 12.0. The van der Waals surface area contributed by atoms with Crippen LogP contribution in [0, 0.1) is 0 Å². The van der Waals surface area contributed by atoms with Gasteiger partial charge in [-0.15, -0.1) is 0 Å². The molecule has 0 saturated heterocycles. The van der Waals surface area contributed by atoms with Crippen LogP contribution in [0.4, 0.5) is 5.69 Å². The SMILES string of the molecule is COC(C)C(C)Nc1cccc(C(=O)O)c1. The van der Waals surface area contributed by atoms with Crippen molar-refractivity contribution in [3.05, 3.63) is 29.8 Å². The largest absolute Gasteiger partial charge is 0.478 e. The second kappa shape index (κ2) is 5.51. The van der Waals surface area contributed by atoms with Gasteiger partial charge in [-0.2, -0.15) is 0 Å². The van der Waals surface area contributed by atoms with Gasteiger partial charge in [-0.05, 0) is 32.0 Å². The van der Waals surface area contributed by atoms with Crippen molar-refractivity contribution in [3.63, 3.8) is 0 Å². The lowest BCUT2D eigenvalue weighted by atomic mass is 10.1. The molecule has 0 saturated carbocycles. The second-order valence-corrected chi connectivity index (χ2v) is 3.76. The summed E-state index contributed by atoms with van der Waals surface area (Å²) in [4.78, 5) is 10.8. The summed E-state index contributed by atoms with van der Waals surface area (Å²) in [5.41, 5.74) is 1.07. The molecule has 0 aromatic heterocycles. The van der Waals surface area contributed by atoms with E-state index in [-0.39, 0.29) is 17.7 Å². The van der Waals surface area contributed by atoms with E-state index in [1.165, 1.54) is 0 Å². The predicted molar refractivity (Wildman–Crippen MR) is 63.0 cm³/mol. The molecule has 4 heteroatoms. The average molecular weight is 223 g/mol. The molecule has 1 aromatic rings. The highest BCUT2D eigenvalue weighted by molar-refractivity contribution is 5.88. The van der Waals surface area contributed by atoms with Crippen LogP contribution in [0.3, 0.4) is 0 Å². The molecule has 1 aromatic carbocycles. The van der Waals surface area contributed by atoms with E-state index in [0.29, 0.717) is 0 Å². The van der Waals surface area contributed by atoms with E-state index in [1.807, 2.05) is 19.9 Å². The number of methoxy groups -OCH3 is 1. The van der Waals surface area contributed by atoms with Gasteiger partial charge in [0.15, 0.2) is 0 Å². The second-order valence-electron chi connectivity index (χ2n) is 3.76. The molecule has 0 bridgehead atoms. The van der Waals surface area contributed by atoms with Gasteiger partial charge in [0.05, 0.1) is 11.7 Å². The third-order valence-electron chi connectivity index (χ3n) is 2.58. The number of nitrogens with one attached hydrogen (secondary N) is 1. The standard InChI is InChI=1S/C12H17NO3/c1-8(9(2)16-3)13-11-6-4-5-10(7-11)12(14)15/h4-9,13H,1-3H3,(H,14,15). The van der Waals surface area contributed by atoms with E-state index < -0.39 is 5.97 Å². The maximum Gasteiger partial charge on any atom is 0.335 e. The molecule has 2 atom stereocenters. The number of carboxylic acid groups (broad SMARTS) is 1. The van der Waals surface area contributed by atoms with Crippen LogP contribution >= 0.6 is 0 Å². The number of aromatic carboxylic acids is 1. The molecule has 0 aliphatic rings. The average Bonchev–Trinajstić information content (AvgIpc) is 2.28. The zero-order valence-electron chi connectivity index (χ0n) is 9.73. The third kappa shape index (κ3) is 3.24. The van der Waals surface area contributed by atoms with Crippen molar-refractivity contribution < 1.29 is 14.6 Å². The molecular weight excluding hydrogens is 206 g/mol. The van der Waals surface area contributed by atoms with Crippen LogP contribution < -0.4 is 5.32 Å². The summed E-state index contributed by atoms with van der Waals surface area (Å²) in [6.45, 7) is 3.94. The van der Waals surface area contributed by atoms with Gasteiger partial charge in [0, 0.05) is 18.8 Å². The topological polar surface area (TPSA) is 58.6 Å². The molecule has 0 fully saturated rings. The van der Waals surface area contributed by atoms with Crippen molar-refractivity contribution in [2.75, 3.05) is 12.4 Å². The van der Waals surface area contributed by atoms with Crippen LogP contribution in [-0.4, -0.2) is 30.3 Å². The fourth-order valence-corrected chi connectivity index (χ4v) is 1.33.